The third-order valence-corrected chi connectivity index (χ3v) is 3.47. The van der Waals surface area contributed by atoms with Crippen LogP contribution < -0.4 is 4.74 Å². The van der Waals surface area contributed by atoms with Gasteiger partial charge in [-0.05, 0) is 38.2 Å². The first kappa shape index (κ1) is 15.5. The Labute approximate surface area is 118 Å². The number of ether oxygens (including phenoxy) is 1. The maximum atomic E-state index is 9.72. The Morgan fingerprint density at radius 1 is 1.33 bits per heavy atom. The number of hydrogen-bond donors (Lipinski definition) is 1. The predicted molar refractivity (Wildman–Crippen MR) is 78.1 cm³/mol. The van der Waals surface area contributed by atoms with E-state index in [-0.39, 0.29) is 0 Å². The monoisotopic (exact) mass is 315 g/mol. The average Bonchev–Trinajstić information content (AvgIpc) is 2.36. The number of rotatable bonds is 7. The molecule has 18 heavy (non-hydrogen) atoms. The molecule has 1 atom stereocenters. The van der Waals surface area contributed by atoms with E-state index in [1.54, 1.807) is 6.92 Å². The molecule has 0 radical (unpaired) electrons. The molecule has 1 unspecified atom stereocenters. The number of likely N-dealkylation sites (N-methyl/N-ethyl adjacent to an activating group) is 1. The summed E-state index contributed by atoms with van der Waals surface area (Å²) in [6, 6.07) is 5.73. The van der Waals surface area contributed by atoms with E-state index in [1.807, 2.05) is 18.2 Å². The highest BCUT2D eigenvalue weighted by atomic mass is 79.9. The molecule has 0 saturated heterocycles. The molecule has 3 nitrogen and oxygen atoms in total. The van der Waals surface area contributed by atoms with E-state index in [2.05, 4.69) is 34.7 Å². The summed E-state index contributed by atoms with van der Waals surface area (Å²) in [6.07, 6.45) is -0.522. The Hall–Kier alpha value is -0.580. The molecule has 0 amide bonds. The van der Waals surface area contributed by atoms with Crippen molar-refractivity contribution in [3.63, 3.8) is 0 Å². The molecule has 1 rings (SSSR count). The molecule has 4 heteroatoms. The number of nitrogens with zero attached hydrogens (tertiary/aromatic N) is 1. The minimum Gasteiger partial charge on any atom is -0.492 e. The second-order valence-electron chi connectivity index (χ2n) is 4.23. The van der Waals surface area contributed by atoms with Gasteiger partial charge in [-0.3, -0.25) is 0 Å². The van der Waals surface area contributed by atoms with E-state index < -0.39 is 6.10 Å². The van der Waals surface area contributed by atoms with Gasteiger partial charge in [0.2, 0.25) is 0 Å². The van der Waals surface area contributed by atoms with Crippen LogP contribution in [0.25, 0.3) is 0 Å². The molecule has 0 aliphatic rings. The minimum absolute atomic E-state index is 0.522. The summed E-state index contributed by atoms with van der Waals surface area (Å²) >= 11 is 3.40. The van der Waals surface area contributed by atoms with Crippen molar-refractivity contribution in [3.8, 4) is 5.75 Å². The van der Waals surface area contributed by atoms with Crippen molar-refractivity contribution in [3.05, 3.63) is 28.2 Å². The standard InChI is InChI=1S/C14H22BrNO2/c1-4-16(5-2)8-9-18-14-7-6-12(15)10-13(14)11(3)17/h6-7,10-11,17H,4-5,8-9H2,1-3H3. The van der Waals surface area contributed by atoms with E-state index >= 15 is 0 Å². The lowest BCUT2D eigenvalue weighted by Crippen LogP contribution is -2.28. The summed E-state index contributed by atoms with van der Waals surface area (Å²) in [5.41, 5.74) is 0.823. The van der Waals surface area contributed by atoms with E-state index in [4.69, 9.17) is 4.74 Å². The van der Waals surface area contributed by atoms with Crippen LogP contribution in [0, 0.1) is 0 Å². The molecule has 1 aromatic rings. The summed E-state index contributed by atoms with van der Waals surface area (Å²) in [7, 11) is 0. The summed E-state index contributed by atoms with van der Waals surface area (Å²) in [5.74, 6) is 0.764. The first-order chi connectivity index (χ1) is 8.58. The molecule has 0 aliphatic carbocycles. The summed E-state index contributed by atoms with van der Waals surface area (Å²) in [4.78, 5) is 2.31. The lowest BCUT2D eigenvalue weighted by atomic mass is 10.1. The molecule has 0 aromatic heterocycles. The molecule has 1 N–H and O–H groups in total. The van der Waals surface area contributed by atoms with Gasteiger partial charge < -0.3 is 14.7 Å². The zero-order valence-electron chi connectivity index (χ0n) is 11.3. The van der Waals surface area contributed by atoms with Gasteiger partial charge in [0.25, 0.3) is 0 Å². The zero-order chi connectivity index (χ0) is 13.5. The van der Waals surface area contributed by atoms with Gasteiger partial charge in [0, 0.05) is 16.6 Å². The normalized spacial score (nSPS) is 12.8. The van der Waals surface area contributed by atoms with Gasteiger partial charge in [-0.15, -0.1) is 0 Å². The number of benzene rings is 1. The maximum Gasteiger partial charge on any atom is 0.125 e. The highest BCUT2D eigenvalue weighted by Crippen LogP contribution is 2.28. The SMILES string of the molecule is CCN(CC)CCOc1ccc(Br)cc1C(C)O. The lowest BCUT2D eigenvalue weighted by Gasteiger charge is -2.19. The Morgan fingerprint density at radius 2 is 2.00 bits per heavy atom. The first-order valence-electron chi connectivity index (χ1n) is 6.41. The van der Waals surface area contributed by atoms with Crippen LogP contribution in [0.3, 0.4) is 0 Å². The third kappa shape index (κ3) is 4.59. The van der Waals surface area contributed by atoms with Gasteiger partial charge in [0.05, 0.1) is 6.10 Å². The van der Waals surface area contributed by atoms with Gasteiger partial charge in [0.15, 0.2) is 0 Å². The van der Waals surface area contributed by atoms with Crippen molar-refractivity contribution in [1.29, 1.82) is 0 Å². The molecule has 0 fully saturated rings. The van der Waals surface area contributed by atoms with Crippen LogP contribution in [-0.2, 0) is 0 Å². The van der Waals surface area contributed by atoms with Gasteiger partial charge in [-0.2, -0.15) is 0 Å². The quantitative estimate of drug-likeness (QED) is 0.838. The highest BCUT2D eigenvalue weighted by molar-refractivity contribution is 9.10. The molecular weight excluding hydrogens is 294 g/mol. The highest BCUT2D eigenvalue weighted by Gasteiger charge is 2.10. The number of halogens is 1. The maximum absolute atomic E-state index is 9.72. The fourth-order valence-corrected chi connectivity index (χ4v) is 2.18. The van der Waals surface area contributed by atoms with Gasteiger partial charge in [0.1, 0.15) is 12.4 Å². The summed E-state index contributed by atoms with van der Waals surface area (Å²) < 4.78 is 6.72. The smallest absolute Gasteiger partial charge is 0.125 e. The topological polar surface area (TPSA) is 32.7 Å². The van der Waals surface area contributed by atoms with Crippen LogP contribution in [0.4, 0.5) is 0 Å². The third-order valence-electron chi connectivity index (χ3n) is 2.98. The number of aliphatic hydroxyl groups is 1. The fraction of sp³-hybridized carbons (Fsp3) is 0.571. The van der Waals surface area contributed by atoms with Crippen molar-refractivity contribution in [2.75, 3.05) is 26.2 Å². The number of hydrogen-bond acceptors (Lipinski definition) is 3. The van der Waals surface area contributed by atoms with Crippen LogP contribution in [0.2, 0.25) is 0 Å². The van der Waals surface area contributed by atoms with Crippen LogP contribution in [0.15, 0.2) is 22.7 Å². The molecule has 1 aromatic carbocycles. The van der Waals surface area contributed by atoms with E-state index in [0.717, 1.165) is 35.4 Å². The van der Waals surface area contributed by atoms with Crippen LogP contribution in [0.5, 0.6) is 5.75 Å². The first-order valence-corrected chi connectivity index (χ1v) is 7.20. The Morgan fingerprint density at radius 3 is 2.56 bits per heavy atom. The van der Waals surface area contributed by atoms with Gasteiger partial charge in [-0.25, -0.2) is 0 Å². The Bertz CT molecular complexity index is 365. The van der Waals surface area contributed by atoms with Gasteiger partial charge >= 0.3 is 0 Å². The molecule has 0 heterocycles. The van der Waals surface area contributed by atoms with Crippen LogP contribution in [0.1, 0.15) is 32.4 Å². The number of aliphatic hydroxyl groups excluding tert-OH is 1. The minimum atomic E-state index is -0.522. The van der Waals surface area contributed by atoms with E-state index in [0.29, 0.717) is 6.61 Å². The van der Waals surface area contributed by atoms with Crippen molar-refractivity contribution in [2.45, 2.75) is 26.9 Å². The largest absolute Gasteiger partial charge is 0.492 e. The molecule has 102 valence electrons. The molecule has 0 saturated carbocycles. The second-order valence-corrected chi connectivity index (χ2v) is 5.15. The second kappa shape index (κ2) is 7.77. The Kier molecular flexibility index (Phi) is 6.68. The fourth-order valence-electron chi connectivity index (χ4n) is 1.80. The van der Waals surface area contributed by atoms with Crippen molar-refractivity contribution >= 4 is 15.9 Å². The average molecular weight is 316 g/mol. The van der Waals surface area contributed by atoms with Crippen molar-refractivity contribution in [2.24, 2.45) is 0 Å². The van der Waals surface area contributed by atoms with Crippen LogP contribution >= 0.6 is 15.9 Å². The summed E-state index contributed by atoms with van der Waals surface area (Å²) in [5, 5.41) is 9.72. The van der Waals surface area contributed by atoms with Crippen molar-refractivity contribution in [1.82, 2.24) is 4.90 Å². The summed E-state index contributed by atoms with van der Waals surface area (Å²) in [6.45, 7) is 9.64. The predicted octanol–water partition coefficient (Wildman–Crippen LogP) is 3.22. The molecule has 0 aliphatic heterocycles. The molecule has 0 bridgehead atoms. The lowest BCUT2D eigenvalue weighted by molar-refractivity contribution is 0.184. The van der Waals surface area contributed by atoms with E-state index in [9.17, 15) is 5.11 Å². The van der Waals surface area contributed by atoms with Gasteiger partial charge in [-0.1, -0.05) is 29.8 Å². The van der Waals surface area contributed by atoms with E-state index in [1.165, 1.54) is 0 Å². The van der Waals surface area contributed by atoms with Crippen molar-refractivity contribution < 1.29 is 9.84 Å². The van der Waals surface area contributed by atoms with Crippen LogP contribution in [-0.4, -0.2) is 36.2 Å². The Balaban J connectivity index is 2.61. The molecular formula is C14H22BrNO2. The zero-order valence-corrected chi connectivity index (χ0v) is 12.9. The molecule has 0 spiro atoms.